The average Bonchev–Trinajstić information content (AvgIpc) is 3.05. The number of anilines is 1. The first kappa shape index (κ1) is 13.3. The van der Waals surface area contributed by atoms with Gasteiger partial charge in [0.05, 0.1) is 15.1 Å². The molecule has 0 aliphatic carbocycles. The van der Waals surface area contributed by atoms with E-state index in [0.717, 1.165) is 24.2 Å². The van der Waals surface area contributed by atoms with Crippen LogP contribution in [0.25, 0.3) is 10.2 Å². The van der Waals surface area contributed by atoms with Crippen LogP contribution in [0.3, 0.4) is 0 Å². The summed E-state index contributed by atoms with van der Waals surface area (Å²) in [5, 5.41) is 11.4. The molecule has 2 N–H and O–H groups in total. The van der Waals surface area contributed by atoms with Crippen molar-refractivity contribution in [1.29, 1.82) is 0 Å². The molecule has 0 bridgehead atoms. The van der Waals surface area contributed by atoms with Crippen molar-refractivity contribution in [3.05, 3.63) is 27.8 Å². The molecule has 0 spiro atoms. The van der Waals surface area contributed by atoms with Gasteiger partial charge in [-0.3, -0.25) is 10.1 Å². The second kappa shape index (κ2) is 4.99. The van der Waals surface area contributed by atoms with Crippen LogP contribution in [-0.4, -0.2) is 29.0 Å². The first-order chi connectivity index (χ1) is 9.58. The number of nitro benzene ring substituents is 1. The third kappa shape index (κ3) is 2.12. The van der Waals surface area contributed by atoms with Gasteiger partial charge in [0.2, 0.25) is 0 Å². The number of rotatable bonds is 3. The van der Waals surface area contributed by atoms with E-state index in [2.05, 4.69) is 9.88 Å². The van der Waals surface area contributed by atoms with Gasteiger partial charge in [-0.1, -0.05) is 0 Å². The minimum absolute atomic E-state index is 0.113. The van der Waals surface area contributed by atoms with Crippen LogP contribution in [0.15, 0.2) is 17.6 Å². The molecule has 1 saturated heterocycles. The molecule has 2 heterocycles. The summed E-state index contributed by atoms with van der Waals surface area (Å²) in [5.74, 6) is 0.390. The zero-order valence-electron chi connectivity index (χ0n) is 11.2. The van der Waals surface area contributed by atoms with Gasteiger partial charge in [0.1, 0.15) is 5.69 Å². The van der Waals surface area contributed by atoms with E-state index in [-0.39, 0.29) is 16.7 Å². The molecule has 1 aromatic carbocycles. The third-order valence-electron chi connectivity index (χ3n) is 3.95. The maximum atomic E-state index is 11.4. The molecule has 6 nitrogen and oxygen atoms in total. The molecule has 20 heavy (non-hydrogen) atoms. The van der Waals surface area contributed by atoms with E-state index in [1.54, 1.807) is 5.51 Å². The van der Waals surface area contributed by atoms with Crippen molar-refractivity contribution < 1.29 is 4.92 Å². The normalized spacial score (nSPS) is 20.5. The number of aromatic nitrogens is 1. The monoisotopic (exact) mass is 292 g/mol. The molecular weight excluding hydrogens is 276 g/mol. The largest absolute Gasteiger partial charge is 0.366 e. The Labute approximate surface area is 120 Å². The predicted molar refractivity (Wildman–Crippen MR) is 80.2 cm³/mol. The fourth-order valence-electron chi connectivity index (χ4n) is 2.78. The summed E-state index contributed by atoms with van der Waals surface area (Å²) in [7, 11) is 0. The van der Waals surface area contributed by atoms with Crippen molar-refractivity contribution in [2.24, 2.45) is 11.7 Å². The molecule has 1 aliphatic heterocycles. The molecule has 0 saturated carbocycles. The van der Waals surface area contributed by atoms with Gasteiger partial charge in [0.25, 0.3) is 0 Å². The molecule has 0 amide bonds. The Morgan fingerprint density at radius 3 is 3.05 bits per heavy atom. The minimum Gasteiger partial charge on any atom is -0.366 e. The molecule has 1 aromatic heterocycles. The van der Waals surface area contributed by atoms with E-state index in [1.165, 1.54) is 11.3 Å². The maximum Gasteiger partial charge on any atom is 0.319 e. The lowest BCUT2D eigenvalue weighted by atomic mass is 10.0. The lowest BCUT2D eigenvalue weighted by molar-refractivity contribution is -0.382. The number of fused-ring (bicyclic) bond motifs is 1. The van der Waals surface area contributed by atoms with Gasteiger partial charge < -0.3 is 10.6 Å². The molecule has 0 radical (unpaired) electrons. The Bertz CT molecular complexity index is 655. The maximum absolute atomic E-state index is 11.4. The smallest absolute Gasteiger partial charge is 0.319 e. The molecule has 2 aromatic rings. The fraction of sp³-hybridized carbons (Fsp3) is 0.462. The Hall–Kier alpha value is -1.73. The summed E-state index contributed by atoms with van der Waals surface area (Å²) >= 11 is 1.42. The molecule has 1 aliphatic rings. The predicted octanol–water partition coefficient (Wildman–Crippen LogP) is 2.38. The van der Waals surface area contributed by atoms with Gasteiger partial charge in [-0.05, 0) is 31.4 Å². The first-order valence-electron chi connectivity index (χ1n) is 6.59. The van der Waals surface area contributed by atoms with E-state index in [4.69, 9.17) is 5.73 Å². The zero-order valence-corrected chi connectivity index (χ0v) is 12.0. The molecule has 7 heteroatoms. The zero-order chi connectivity index (χ0) is 14.3. The van der Waals surface area contributed by atoms with Gasteiger partial charge in [-0.15, -0.1) is 11.3 Å². The van der Waals surface area contributed by atoms with E-state index in [0.29, 0.717) is 17.1 Å². The van der Waals surface area contributed by atoms with E-state index in [1.807, 2.05) is 19.1 Å². The number of nitrogens with zero attached hydrogens (tertiary/aromatic N) is 3. The number of thiazole rings is 1. The summed E-state index contributed by atoms with van der Waals surface area (Å²) in [6, 6.07) is 3.86. The number of benzene rings is 1. The highest BCUT2D eigenvalue weighted by molar-refractivity contribution is 7.16. The highest BCUT2D eigenvalue weighted by Crippen LogP contribution is 2.38. The van der Waals surface area contributed by atoms with Crippen molar-refractivity contribution in [1.82, 2.24) is 4.98 Å². The summed E-state index contributed by atoms with van der Waals surface area (Å²) in [6.45, 7) is 3.57. The molecule has 106 valence electrons. The van der Waals surface area contributed by atoms with Gasteiger partial charge >= 0.3 is 5.69 Å². The topological polar surface area (TPSA) is 85.3 Å². The second-order valence-corrected chi connectivity index (χ2v) is 6.13. The van der Waals surface area contributed by atoms with Crippen LogP contribution in [0.2, 0.25) is 0 Å². The Kier molecular flexibility index (Phi) is 3.31. The lowest BCUT2D eigenvalue weighted by Gasteiger charge is -2.19. The molecule has 3 rings (SSSR count). The van der Waals surface area contributed by atoms with Crippen LogP contribution in [0, 0.1) is 16.0 Å². The van der Waals surface area contributed by atoms with E-state index < -0.39 is 0 Å². The van der Waals surface area contributed by atoms with Crippen LogP contribution in [0.5, 0.6) is 0 Å². The average molecular weight is 292 g/mol. The van der Waals surface area contributed by atoms with Crippen LogP contribution in [0.4, 0.5) is 11.4 Å². The lowest BCUT2D eigenvalue weighted by Crippen LogP contribution is -2.29. The molecule has 1 fully saturated rings. The summed E-state index contributed by atoms with van der Waals surface area (Å²) in [4.78, 5) is 17.3. The van der Waals surface area contributed by atoms with Gasteiger partial charge in [0, 0.05) is 19.1 Å². The number of nitrogens with two attached hydrogens (primary N) is 1. The Balaban J connectivity index is 2.03. The van der Waals surface area contributed by atoms with Crippen LogP contribution in [-0.2, 0) is 0 Å². The quantitative estimate of drug-likeness (QED) is 0.693. The minimum atomic E-state index is -0.323. The highest BCUT2D eigenvalue weighted by Gasteiger charge is 2.31. The summed E-state index contributed by atoms with van der Waals surface area (Å²) < 4.78 is 0.850. The summed E-state index contributed by atoms with van der Waals surface area (Å²) in [6.07, 6.45) is 0.976. The Morgan fingerprint density at radius 2 is 2.40 bits per heavy atom. The van der Waals surface area contributed by atoms with Gasteiger partial charge in [0.15, 0.2) is 5.52 Å². The fourth-order valence-corrected chi connectivity index (χ4v) is 3.46. The molecular formula is C13H16N4O2S. The summed E-state index contributed by atoms with van der Waals surface area (Å²) in [5.41, 5.74) is 8.86. The van der Waals surface area contributed by atoms with Crippen molar-refractivity contribution in [2.75, 3.05) is 18.0 Å². The number of nitro groups is 1. The Morgan fingerprint density at radius 1 is 1.60 bits per heavy atom. The van der Waals surface area contributed by atoms with Gasteiger partial charge in [-0.25, -0.2) is 4.98 Å². The van der Waals surface area contributed by atoms with Crippen LogP contribution >= 0.6 is 11.3 Å². The highest BCUT2D eigenvalue weighted by atomic mass is 32.1. The van der Waals surface area contributed by atoms with Crippen molar-refractivity contribution in [3.8, 4) is 0 Å². The number of hydrogen-bond donors (Lipinski definition) is 1. The second-order valence-electron chi connectivity index (χ2n) is 5.24. The van der Waals surface area contributed by atoms with Crippen molar-refractivity contribution in [3.63, 3.8) is 0 Å². The van der Waals surface area contributed by atoms with E-state index >= 15 is 0 Å². The van der Waals surface area contributed by atoms with Crippen molar-refractivity contribution in [2.45, 2.75) is 19.4 Å². The SMILES string of the molecule is CC(N)C1CCN(c2ccc3scnc3c2[N+](=O)[O-])C1. The van der Waals surface area contributed by atoms with Gasteiger partial charge in [-0.2, -0.15) is 0 Å². The van der Waals surface area contributed by atoms with E-state index in [9.17, 15) is 10.1 Å². The molecule has 2 unspecified atom stereocenters. The third-order valence-corrected chi connectivity index (χ3v) is 4.74. The molecule has 2 atom stereocenters. The van der Waals surface area contributed by atoms with Crippen LogP contribution < -0.4 is 10.6 Å². The number of hydrogen-bond acceptors (Lipinski definition) is 6. The van der Waals surface area contributed by atoms with Crippen LogP contribution in [0.1, 0.15) is 13.3 Å². The first-order valence-corrected chi connectivity index (χ1v) is 7.47. The van der Waals surface area contributed by atoms with Crippen molar-refractivity contribution >= 4 is 32.9 Å². The standard InChI is InChI=1S/C13H16N4O2S/c1-8(14)9-4-5-16(6-9)10-2-3-11-12(15-7-20-11)13(10)17(18)19/h2-3,7-9H,4-6,14H2,1H3.